The summed E-state index contributed by atoms with van der Waals surface area (Å²) in [6.07, 6.45) is 0. The molecule has 26 heavy (non-hydrogen) atoms. The van der Waals surface area contributed by atoms with Crippen LogP contribution in [0.5, 0.6) is 5.75 Å². The number of alkyl halides is 2. The van der Waals surface area contributed by atoms with Gasteiger partial charge in [0.25, 0.3) is 5.91 Å². The Bertz CT molecular complexity index is 938. The smallest absolute Gasteiger partial charge is 0.257 e. The van der Waals surface area contributed by atoms with Gasteiger partial charge in [-0.2, -0.15) is 0 Å². The van der Waals surface area contributed by atoms with E-state index in [4.69, 9.17) is 32.5 Å². The summed E-state index contributed by atoms with van der Waals surface area (Å²) in [5.74, 6) is 0.796. The summed E-state index contributed by atoms with van der Waals surface area (Å²) in [7, 11) is 1.62. The molecule has 134 valence electrons. The fraction of sp³-hybridized carbons (Fsp3) is 0.158. The monoisotopic (exact) mass is 390 g/mol. The molecule has 1 aromatic heterocycles. The third-order valence-electron chi connectivity index (χ3n) is 3.83. The first-order chi connectivity index (χ1) is 12.5. The molecule has 3 aromatic rings. The molecule has 0 aliphatic heterocycles. The van der Waals surface area contributed by atoms with Crippen LogP contribution in [0.15, 0.2) is 53.1 Å². The standard InChI is InChI=1S/C19H16Cl2N2O3/c1-11-5-3-8-15(25-2)17(11)14-10-16(26-23-14)12-6-4-7-13(9-12)22-19(24)18(20)21/h3-10,18H,1-2H3,(H,22,24). The van der Waals surface area contributed by atoms with Crippen molar-refractivity contribution in [1.82, 2.24) is 5.16 Å². The molecular weight excluding hydrogens is 375 g/mol. The number of methoxy groups -OCH3 is 1. The largest absolute Gasteiger partial charge is 0.496 e. The minimum absolute atomic E-state index is 0.492. The van der Waals surface area contributed by atoms with Gasteiger partial charge in [-0.25, -0.2) is 0 Å². The number of carbonyl (C=O) groups excluding carboxylic acids is 1. The minimum atomic E-state index is -1.14. The molecule has 0 bridgehead atoms. The Hall–Kier alpha value is -2.50. The van der Waals surface area contributed by atoms with Gasteiger partial charge >= 0.3 is 0 Å². The zero-order valence-electron chi connectivity index (χ0n) is 14.1. The average Bonchev–Trinajstić information content (AvgIpc) is 3.11. The maximum absolute atomic E-state index is 11.6. The first-order valence-electron chi connectivity index (χ1n) is 7.79. The Morgan fingerprint density at radius 3 is 2.69 bits per heavy atom. The SMILES string of the molecule is COc1cccc(C)c1-c1cc(-c2cccc(NC(=O)C(Cl)Cl)c2)on1. The number of nitrogens with zero attached hydrogens (tertiary/aromatic N) is 1. The Balaban J connectivity index is 1.93. The van der Waals surface area contributed by atoms with Crippen molar-refractivity contribution < 1.29 is 14.1 Å². The second-order valence-electron chi connectivity index (χ2n) is 5.60. The molecule has 0 aliphatic carbocycles. The van der Waals surface area contributed by atoms with E-state index in [1.165, 1.54) is 0 Å². The summed E-state index contributed by atoms with van der Waals surface area (Å²) < 4.78 is 10.9. The molecule has 0 saturated carbocycles. The molecule has 1 N–H and O–H groups in total. The molecule has 0 radical (unpaired) electrons. The van der Waals surface area contributed by atoms with Crippen molar-refractivity contribution in [2.24, 2.45) is 0 Å². The van der Waals surface area contributed by atoms with Gasteiger partial charge in [0.15, 0.2) is 10.6 Å². The molecule has 0 fully saturated rings. The Kier molecular flexibility index (Phi) is 5.49. The van der Waals surface area contributed by atoms with E-state index in [0.29, 0.717) is 17.1 Å². The average molecular weight is 391 g/mol. The van der Waals surface area contributed by atoms with E-state index in [0.717, 1.165) is 22.4 Å². The summed E-state index contributed by atoms with van der Waals surface area (Å²) >= 11 is 11.1. The van der Waals surface area contributed by atoms with Crippen LogP contribution in [-0.2, 0) is 4.79 Å². The lowest BCUT2D eigenvalue weighted by Gasteiger charge is -2.08. The third kappa shape index (κ3) is 3.84. The van der Waals surface area contributed by atoms with Crippen LogP contribution in [0, 0.1) is 6.92 Å². The van der Waals surface area contributed by atoms with Gasteiger partial charge in [0.2, 0.25) is 0 Å². The van der Waals surface area contributed by atoms with Gasteiger partial charge in [0, 0.05) is 22.9 Å². The fourth-order valence-electron chi connectivity index (χ4n) is 2.62. The van der Waals surface area contributed by atoms with Crippen LogP contribution in [0.3, 0.4) is 0 Å². The fourth-order valence-corrected chi connectivity index (χ4v) is 2.72. The van der Waals surface area contributed by atoms with Gasteiger partial charge < -0.3 is 14.6 Å². The molecule has 0 aliphatic rings. The summed E-state index contributed by atoms with van der Waals surface area (Å²) in [6.45, 7) is 1.98. The summed E-state index contributed by atoms with van der Waals surface area (Å²) in [5, 5.41) is 6.80. The Morgan fingerprint density at radius 1 is 1.19 bits per heavy atom. The van der Waals surface area contributed by atoms with Crippen LogP contribution in [0.25, 0.3) is 22.6 Å². The number of halogens is 2. The van der Waals surface area contributed by atoms with Crippen molar-refractivity contribution in [2.45, 2.75) is 11.8 Å². The Morgan fingerprint density at radius 2 is 1.96 bits per heavy atom. The number of aromatic nitrogens is 1. The van der Waals surface area contributed by atoms with Crippen LogP contribution in [0.1, 0.15) is 5.56 Å². The number of hydrogen-bond donors (Lipinski definition) is 1. The summed E-state index contributed by atoms with van der Waals surface area (Å²) in [5.41, 5.74) is 3.90. The second-order valence-corrected chi connectivity index (χ2v) is 6.70. The summed E-state index contributed by atoms with van der Waals surface area (Å²) in [4.78, 5) is 10.5. The topological polar surface area (TPSA) is 64.4 Å². The molecule has 3 rings (SSSR count). The van der Waals surface area contributed by atoms with E-state index in [-0.39, 0.29) is 0 Å². The van der Waals surface area contributed by atoms with Gasteiger partial charge in [-0.05, 0) is 30.7 Å². The quantitative estimate of drug-likeness (QED) is 0.617. The molecule has 0 atom stereocenters. The molecule has 1 heterocycles. The van der Waals surface area contributed by atoms with Crippen molar-refractivity contribution in [2.75, 3.05) is 12.4 Å². The van der Waals surface area contributed by atoms with E-state index in [9.17, 15) is 4.79 Å². The van der Waals surface area contributed by atoms with Gasteiger partial charge in [-0.3, -0.25) is 4.79 Å². The molecular formula is C19H16Cl2N2O3. The molecule has 1 amide bonds. The highest BCUT2D eigenvalue weighted by atomic mass is 35.5. The number of benzene rings is 2. The first kappa shape index (κ1) is 18.3. The molecule has 0 saturated heterocycles. The number of hydrogen-bond acceptors (Lipinski definition) is 4. The highest BCUT2D eigenvalue weighted by Gasteiger charge is 2.16. The van der Waals surface area contributed by atoms with Crippen LogP contribution < -0.4 is 10.1 Å². The van der Waals surface area contributed by atoms with E-state index < -0.39 is 10.7 Å². The van der Waals surface area contributed by atoms with Gasteiger partial charge in [-0.1, -0.05) is 52.6 Å². The van der Waals surface area contributed by atoms with Gasteiger partial charge in [0.05, 0.1) is 7.11 Å². The van der Waals surface area contributed by atoms with Gasteiger partial charge in [-0.15, -0.1) is 0 Å². The van der Waals surface area contributed by atoms with Crippen molar-refractivity contribution in [1.29, 1.82) is 0 Å². The van der Waals surface area contributed by atoms with E-state index in [2.05, 4.69) is 10.5 Å². The van der Waals surface area contributed by atoms with Gasteiger partial charge in [0.1, 0.15) is 11.4 Å². The molecule has 0 unspecified atom stereocenters. The van der Waals surface area contributed by atoms with E-state index in [1.54, 1.807) is 25.3 Å². The number of rotatable bonds is 5. The number of carbonyl (C=O) groups is 1. The third-order valence-corrected chi connectivity index (χ3v) is 4.23. The Labute approximate surface area is 160 Å². The molecule has 7 heteroatoms. The van der Waals surface area contributed by atoms with Crippen LogP contribution >= 0.6 is 23.2 Å². The molecule has 5 nitrogen and oxygen atoms in total. The number of nitrogens with one attached hydrogen (secondary N) is 1. The van der Waals surface area contributed by atoms with E-state index in [1.807, 2.05) is 37.3 Å². The van der Waals surface area contributed by atoms with Crippen molar-refractivity contribution in [3.63, 3.8) is 0 Å². The van der Waals surface area contributed by atoms with Crippen LogP contribution in [0.4, 0.5) is 5.69 Å². The number of anilines is 1. The highest BCUT2D eigenvalue weighted by Crippen LogP contribution is 2.35. The summed E-state index contributed by atoms with van der Waals surface area (Å²) in [6, 6.07) is 14.8. The number of aryl methyl sites for hydroxylation is 1. The lowest BCUT2D eigenvalue weighted by Crippen LogP contribution is -2.18. The van der Waals surface area contributed by atoms with E-state index >= 15 is 0 Å². The lowest BCUT2D eigenvalue weighted by molar-refractivity contribution is -0.114. The first-order valence-corrected chi connectivity index (χ1v) is 8.67. The predicted molar refractivity (Wildman–Crippen MR) is 103 cm³/mol. The molecule has 2 aromatic carbocycles. The minimum Gasteiger partial charge on any atom is -0.496 e. The zero-order chi connectivity index (χ0) is 18.7. The van der Waals surface area contributed by atoms with Crippen molar-refractivity contribution in [3.8, 4) is 28.3 Å². The lowest BCUT2D eigenvalue weighted by atomic mass is 10.0. The van der Waals surface area contributed by atoms with Crippen LogP contribution in [0.2, 0.25) is 0 Å². The highest BCUT2D eigenvalue weighted by molar-refractivity contribution is 6.54. The normalized spacial score (nSPS) is 10.8. The van der Waals surface area contributed by atoms with Crippen LogP contribution in [-0.4, -0.2) is 23.0 Å². The maximum Gasteiger partial charge on any atom is 0.257 e. The van der Waals surface area contributed by atoms with Crippen molar-refractivity contribution in [3.05, 3.63) is 54.1 Å². The maximum atomic E-state index is 11.6. The predicted octanol–water partition coefficient (Wildman–Crippen LogP) is 5.07. The second kappa shape index (κ2) is 7.81. The molecule has 0 spiro atoms. The number of amides is 1. The van der Waals surface area contributed by atoms with Crippen molar-refractivity contribution >= 4 is 34.8 Å². The number of ether oxygens (including phenoxy) is 1. The zero-order valence-corrected chi connectivity index (χ0v) is 15.6.